The molecular formula is C26H32N2O. The molecule has 3 heteroatoms. The Balaban J connectivity index is 1.52. The molecule has 3 aromatic rings. The summed E-state index contributed by atoms with van der Waals surface area (Å²) in [5, 5.41) is 6.27. The van der Waals surface area contributed by atoms with Gasteiger partial charge in [-0.25, -0.2) is 0 Å². The maximum atomic E-state index is 6.33. The molecule has 0 aromatic heterocycles. The van der Waals surface area contributed by atoms with E-state index in [1.54, 1.807) is 0 Å². The second-order valence-electron chi connectivity index (χ2n) is 8.03. The number of aryl methyl sites for hydroxylation is 1. The molecule has 0 amide bonds. The van der Waals surface area contributed by atoms with Crippen LogP contribution in [0.1, 0.15) is 36.5 Å². The van der Waals surface area contributed by atoms with E-state index < -0.39 is 0 Å². The summed E-state index contributed by atoms with van der Waals surface area (Å²) >= 11 is 0. The lowest BCUT2D eigenvalue weighted by Crippen LogP contribution is -2.37. The van der Waals surface area contributed by atoms with Crippen LogP contribution in [-0.4, -0.2) is 30.6 Å². The molecule has 152 valence electrons. The highest BCUT2D eigenvalue weighted by Crippen LogP contribution is 2.29. The van der Waals surface area contributed by atoms with Crippen LogP contribution in [0.4, 0.5) is 0 Å². The summed E-state index contributed by atoms with van der Waals surface area (Å²) in [4.78, 5) is 2.59. The summed E-state index contributed by atoms with van der Waals surface area (Å²) in [6.07, 6.45) is 2.62. The quantitative estimate of drug-likeness (QED) is 0.567. The maximum Gasteiger partial charge on any atom is 0.124 e. The second-order valence-corrected chi connectivity index (χ2v) is 8.03. The fraction of sp³-hybridized carbons (Fsp3) is 0.385. The molecule has 1 atom stereocenters. The number of hydrogen-bond acceptors (Lipinski definition) is 3. The van der Waals surface area contributed by atoms with Gasteiger partial charge in [0.25, 0.3) is 0 Å². The van der Waals surface area contributed by atoms with Gasteiger partial charge in [0.15, 0.2) is 0 Å². The third-order valence-electron chi connectivity index (χ3n) is 6.23. The Bertz CT molecular complexity index is 952. The number of ether oxygens (including phenoxy) is 1. The van der Waals surface area contributed by atoms with Crippen LogP contribution in [0.2, 0.25) is 0 Å². The summed E-state index contributed by atoms with van der Waals surface area (Å²) in [6, 6.07) is 22.0. The van der Waals surface area contributed by atoms with Crippen molar-refractivity contribution in [1.29, 1.82) is 0 Å². The summed E-state index contributed by atoms with van der Waals surface area (Å²) in [5.41, 5.74) is 3.77. The molecule has 0 radical (unpaired) electrons. The first-order valence-corrected chi connectivity index (χ1v) is 10.9. The topological polar surface area (TPSA) is 24.5 Å². The summed E-state index contributed by atoms with van der Waals surface area (Å²) in [5.74, 6) is 0.984. The fourth-order valence-electron chi connectivity index (χ4n) is 4.47. The van der Waals surface area contributed by atoms with Gasteiger partial charge in [0.05, 0.1) is 0 Å². The molecule has 0 bridgehead atoms. The molecule has 3 aromatic carbocycles. The SMILES string of the molecule is CCN1CCCC1CNCc1c(OCc2ccccc2C)ccc2ccccc12. The van der Waals surface area contributed by atoms with Crippen molar-refractivity contribution in [3.63, 3.8) is 0 Å². The van der Waals surface area contributed by atoms with Gasteiger partial charge in [-0.1, -0.05) is 61.5 Å². The lowest BCUT2D eigenvalue weighted by Gasteiger charge is -2.23. The Morgan fingerprint density at radius 2 is 1.86 bits per heavy atom. The van der Waals surface area contributed by atoms with Crippen LogP contribution < -0.4 is 10.1 Å². The van der Waals surface area contributed by atoms with Crippen molar-refractivity contribution < 1.29 is 4.74 Å². The predicted octanol–water partition coefficient (Wildman–Crippen LogP) is 5.30. The van der Waals surface area contributed by atoms with E-state index in [4.69, 9.17) is 4.74 Å². The number of nitrogens with one attached hydrogen (secondary N) is 1. The number of rotatable bonds is 8. The molecule has 29 heavy (non-hydrogen) atoms. The number of likely N-dealkylation sites (tertiary alicyclic amines) is 1. The average Bonchev–Trinajstić information content (AvgIpc) is 3.21. The van der Waals surface area contributed by atoms with Crippen LogP contribution in [0, 0.1) is 6.92 Å². The van der Waals surface area contributed by atoms with Crippen LogP contribution in [0.25, 0.3) is 10.8 Å². The van der Waals surface area contributed by atoms with Gasteiger partial charge in [0, 0.05) is 24.7 Å². The maximum absolute atomic E-state index is 6.33. The predicted molar refractivity (Wildman–Crippen MR) is 121 cm³/mol. The van der Waals surface area contributed by atoms with Gasteiger partial charge in [-0.2, -0.15) is 0 Å². The van der Waals surface area contributed by atoms with Gasteiger partial charge in [0.2, 0.25) is 0 Å². The van der Waals surface area contributed by atoms with Gasteiger partial charge in [-0.3, -0.25) is 4.90 Å². The second kappa shape index (κ2) is 9.43. The van der Waals surface area contributed by atoms with E-state index in [1.807, 2.05) is 0 Å². The van der Waals surface area contributed by atoms with Gasteiger partial charge in [-0.15, -0.1) is 0 Å². The molecule has 0 aliphatic carbocycles. The number of likely N-dealkylation sites (N-methyl/N-ethyl adjacent to an activating group) is 1. The van der Waals surface area contributed by atoms with Crippen molar-refractivity contribution in [3.05, 3.63) is 77.4 Å². The third kappa shape index (κ3) is 4.63. The molecule has 0 saturated carbocycles. The van der Waals surface area contributed by atoms with Gasteiger partial charge in [-0.05, 0) is 60.8 Å². The number of fused-ring (bicyclic) bond motifs is 1. The number of benzene rings is 3. The van der Waals surface area contributed by atoms with E-state index in [-0.39, 0.29) is 0 Å². The third-order valence-corrected chi connectivity index (χ3v) is 6.23. The van der Waals surface area contributed by atoms with Gasteiger partial charge in [0.1, 0.15) is 12.4 Å². The molecule has 1 aliphatic rings. The molecule has 1 fully saturated rings. The van der Waals surface area contributed by atoms with Gasteiger partial charge < -0.3 is 10.1 Å². The number of hydrogen-bond donors (Lipinski definition) is 1. The highest BCUT2D eigenvalue weighted by atomic mass is 16.5. The van der Waals surface area contributed by atoms with Crippen molar-refractivity contribution in [2.75, 3.05) is 19.6 Å². The van der Waals surface area contributed by atoms with Crippen LogP contribution in [0.3, 0.4) is 0 Å². The molecule has 1 aliphatic heterocycles. The minimum atomic E-state index is 0.601. The molecule has 1 heterocycles. The van der Waals surface area contributed by atoms with Crippen LogP contribution in [0.15, 0.2) is 60.7 Å². The Labute approximate surface area is 174 Å². The van der Waals surface area contributed by atoms with Crippen molar-refractivity contribution in [1.82, 2.24) is 10.2 Å². The Morgan fingerprint density at radius 3 is 2.72 bits per heavy atom. The molecule has 0 spiro atoms. The zero-order valence-electron chi connectivity index (χ0n) is 17.7. The Morgan fingerprint density at radius 1 is 1.03 bits per heavy atom. The lowest BCUT2D eigenvalue weighted by molar-refractivity contribution is 0.259. The number of nitrogens with zero attached hydrogens (tertiary/aromatic N) is 1. The zero-order chi connectivity index (χ0) is 20.1. The molecule has 1 N–H and O–H groups in total. The van der Waals surface area contributed by atoms with E-state index >= 15 is 0 Å². The van der Waals surface area contributed by atoms with Crippen molar-refractivity contribution >= 4 is 10.8 Å². The minimum Gasteiger partial charge on any atom is -0.489 e. The smallest absolute Gasteiger partial charge is 0.124 e. The normalized spacial score (nSPS) is 17.1. The molecule has 3 nitrogen and oxygen atoms in total. The summed E-state index contributed by atoms with van der Waals surface area (Å²) in [7, 11) is 0. The summed E-state index contributed by atoms with van der Waals surface area (Å²) < 4.78 is 6.33. The molecule has 1 unspecified atom stereocenters. The first-order valence-electron chi connectivity index (χ1n) is 10.9. The molecular weight excluding hydrogens is 356 g/mol. The van der Waals surface area contributed by atoms with Crippen molar-refractivity contribution in [3.8, 4) is 5.75 Å². The highest BCUT2D eigenvalue weighted by Gasteiger charge is 2.22. The largest absolute Gasteiger partial charge is 0.489 e. The van der Waals surface area contributed by atoms with E-state index in [9.17, 15) is 0 Å². The minimum absolute atomic E-state index is 0.601. The lowest BCUT2D eigenvalue weighted by atomic mass is 10.0. The van der Waals surface area contributed by atoms with E-state index in [2.05, 4.69) is 84.7 Å². The van der Waals surface area contributed by atoms with Gasteiger partial charge >= 0.3 is 0 Å². The van der Waals surface area contributed by atoms with Crippen molar-refractivity contribution in [2.45, 2.75) is 45.9 Å². The van der Waals surface area contributed by atoms with Crippen LogP contribution in [0.5, 0.6) is 5.75 Å². The van der Waals surface area contributed by atoms with E-state index in [0.717, 1.165) is 25.4 Å². The van der Waals surface area contributed by atoms with E-state index in [1.165, 1.54) is 46.8 Å². The first kappa shape index (κ1) is 19.9. The van der Waals surface area contributed by atoms with Crippen LogP contribution >= 0.6 is 0 Å². The molecule has 4 rings (SSSR count). The Kier molecular flexibility index (Phi) is 6.48. The standard InChI is InChI=1S/C26H32N2O/c1-3-28-16-8-12-23(28)17-27-18-25-24-13-7-6-10-21(24)14-15-26(25)29-19-22-11-5-4-9-20(22)2/h4-7,9-11,13-15,23,27H,3,8,12,16-19H2,1-2H3. The Hall–Kier alpha value is -2.36. The average molecular weight is 389 g/mol. The van der Waals surface area contributed by atoms with Crippen molar-refractivity contribution in [2.24, 2.45) is 0 Å². The zero-order valence-corrected chi connectivity index (χ0v) is 17.7. The monoisotopic (exact) mass is 388 g/mol. The summed E-state index contributed by atoms with van der Waals surface area (Å²) in [6.45, 7) is 9.26. The fourth-order valence-corrected chi connectivity index (χ4v) is 4.47. The van der Waals surface area contributed by atoms with Crippen LogP contribution in [-0.2, 0) is 13.2 Å². The molecule has 1 saturated heterocycles. The first-order chi connectivity index (χ1) is 14.3. The van der Waals surface area contributed by atoms with E-state index in [0.29, 0.717) is 12.6 Å². The highest BCUT2D eigenvalue weighted by molar-refractivity contribution is 5.87.